The maximum atomic E-state index is 12.8. The van der Waals surface area contributed by atoms with E-state index < -0.39 is 17.3 Å². The largest absolute Gasteiger partial charge is 0.441 e. The van der Waals surface area contributed by atoms with E-state index in [9.17, 15) is 22.8 Å². The normalized spacial score (nSPS) is 21.6. The number of hydrogen-bond acceptors (Lipinski definition) is 5. The van der Waals surface area contributed by atoms with Gasteiger partial charge in [-0.15, -0.1) is 0 Å². The number of alkyl halides is 3. The van der Waals surface area contributed by atoms with Crippen molar-refractivity contribution in [1.82, 2.24) is 15.1 Å². The number of benzene rings is 2. The van der Waals surface area contributed by atoms with Crippen LogP contribution in [-0.4, -0.2) is 66.3 Å². The van der Waals surface area contributed by atoms with Crippen LogP contribution in [0.4, 0.5) is 18.0 Å². The van der Waals surface area contributed by atoms with Crippen LogP contribution in [0, 0.1) is 0 Å². The summed E-state index contributed by atoms with van der Waals surface area (Å²) in [7, 11) is 0. The Morgan fingerprint density at radius 3 is 2.29 bits per heavy atom. The van der Waals surface area contributed by atoms with Crippen molar-refractivity contribution in [3.05, 3.63) is 70.8 Å². The second-order valence-electron chi connectivity index (χ2n) is 10.4. The SMILES string of the molecule is O=C(NCC1CCCO1)c1ccc(CN2CC3(CCN(Cc4ccc(C(F)(F)F)cc4)CC3)OC2=O)cc1. The molecule has 3 saturated heterocycles. The lowest BCUT2D eigenvalue weighted by Crippen LogP contribution is -2.46. The quantitative estimate of drug-likeness (QED) is 0.566. The number of hydrogen-bond donors (Lipinski definition) is 1. The molecule has 0 aromatic heterocycles. The molecular weight excluding hydrogens is 499 g/mol. The first-order valence-corrected chi connectivity index (χ1v) is 13.0. The Labute approximate surface area is 219 Å². The molecule has 0 aliphatic carbocycles. The second kappa shape index (κ2) is 10.9. The molecule has 10 heteroatoms. The highest BCUT2D eigenvalue weighted by molar-refractivity contribution is 5.94. The van der Waals surface area contributed by atoms with Crippen LogP contribution in [0.2, 0.25) is 0 Å². The van der Waals surface area contributed by atoms with Crippen LogP contribution in [0.15, 0.2) is 48.5 Å². The summed E-state index contributed by atoms with van der Waals surface area (Å²) in [5.74, 6) is -0.144. The van der Waals surface area contributed by atoms with Gasteiger partial charge in [0.2, 0.25) is 0 Å². The Morgan fingerprint density at radius 2 is 1.66 bits per heavy atom. The third kappa shape index (κ3) is 6.30. The molecule has 3 aliphatic heterocycles. The fourth-order valence-electron chi connectivity index (χ4n) is 5.35. The summed E-state index contributed by atoms with van der Waals surface area (Å²) in [5, 5.41) is 2.91. The van der Waals surface area contributed by atoms with Crippen LogP contribution in [0.25, 0.3) is 0 Å². The minimum absolute atomic E-state index is 0.0865. The van der Waals surface area contributed by atoms with Crippen molar-refractivity contribution >= 4 is 12.0 Å². The Hall–Kier alpha value is -3.11. The lowest BCUT2D eigenvalue weighted by atomic mass is 9.91. The number of rotatable bonds is 7. The molecule has 38 heavy (non-hydrogen) atoms. The molecule has 2 aromatic rings. The van der Waals surface area contributed by atoms with Crippen LogP contribution in [0.5, 0.6) is 0 Å². The van der Waals surface area contributed by atoms with Crippen molar-refractivity contribution in [3.63, 3.8) is 0 Å². The fraction of sp³-hybridized carbons (Fsp3) is 0.500. The van der Waals surface area contributed by atoms with E-state index in [1.165, 1.54) is 12.1 Å². The van der Waals surface area contributed by atoms with E-state index in [4.69, 9.17) is 9.47 Å². The summed E-state index contributed by atoms with van der Waals surface area (Å²) in [6.07, 6.45) is -1.28. The highest BCUT2D eigenvalue weighted by Gasteiger charge is 2.46. The molecule has 1 N–H and O–H groups in total. The molecule has 3 heterocycles. The number of piperidine rings is 1. The molecule has 2 aromatic carbocycles. The van der Waals surface area contributed by atoms with Gasteiger partial charge < -0.3 is 14.8 Å². The molecule has 1 spiro atoms. The molecule has 0 radical (unpaired) electrons. The van der Waals surface area contributed by atoms with E-state index >= 15 is 0 Å². The first kappa shape index (κ1) is 26.5. The minimum Gasteiger partial charge on any atom is -0.441 e. The molecule has 5 rings (SSSR count). The highest BCUT2D eigenvalue weighted by atomic mass is 19.4. The summed E-state index contributed by atoms with van der Waals surface area (Å²) in [6, 6.07) is 12.5. The van der Waals surface area contributed by atoms with Crippen molar-refractivity contribution in [2.45, 2.75) is 56.7 Å². The summed E-state index contributed by atoms with van der Waals surface area (Å²) in [5.41, 5.74) is 1.10. The molecule has 0 saturated carbocycles. The van der Waals surface area contributed by atoms with Crippen LogP contribution in [0.3, 0.4) is 0 Å². The minimum atomic E-state index is -4.34. The van der Waals surface area contributed by atoms with Gasteiger partial charge in [0.15, 0.2) is 0 Å². The van der Waals surface area contributed by atoms with Gasteiger partial charge in [0.05, 0.1) is 18.2 Å². The van der Waals surface area contributed by atoms with Gasteiger partial charge in [-0.2, -0.15) is 13.2 Å². The van der Waals surface area contributed by atoms with Gasteiger partial charge >= 0.3 is 12.3 Å². The number of halogens is 3. The molecule has 204 valence electrons. The van der Waals surface area contributed by atoms with Crippen LogP contribution in [-0.2, 0) is 28.7 Å². The Kier molecular flexibility index (Phi) is 7.63. The van der Waals surface area contributed by atoms with E-state index in [2.05, 4.69) is 10.2 Å². The number of carbonyl (C=O) groups excluding carboxylic acids is 2. The molecule has 2 amide bonds. The predicted octanol–water partition coefficient (Wildman–Crippen LogP) is 4.60. The maximum absolute atomic E-state index is 12.8. The fourth-order valence-corrected chi connectivity index (χ4v) is 5.35. The molecule has 0 bridgehead atoms. The smallest absolute Gasteiger partial charge is 0.416 e. The number of nitrogens with zero attached hydrogens (tertiary/aromatic N) is 2. The number of likely N-dealkylation sites (tertiary alicyclic amines) is 1. The third-order valence-electron chi connectivity index (χ3n) is 7.60. The Bertz CT molecular complexity index is 1120. The van der Waals surface area contributed by atoms with Crippen molar-refractivity contribution < 1.29 is 32.2 Å². The van der Waals surface area contributed by atoms with E-state index in [1.54, 1.807) is 17.0 Å². The van der Waals surface area contributed by atoms with Crippen LogP contribution in [0.1, 0.15) is 52.7 Å². The standard InChI is InChI=1S/C28H32F3N3O4/c29-28(30,31)23-9-5-20(6-10-23)17-33-13-11-27(12-14-33)19-34(26(36)38-27)18-21-3-7-22(8-4-21)25(35)32-16-24-2-1-15-37-24/h3-10,24H,1-2,11-19H2,(H,32,35). The van der Waals surface area contributed by atoms with Crippen molar-refractivity contribution in [3.8, 4) is 0 Å². The highest BCUT2D eigenvalue weighted by Crippen LogP contribution is 2.35. The van der Waals surface area contributed by atoms with Crippen LogP contribution >= 0.6 is 0 Å². The molecule has 7 nitrogen and oxygen atoms in total. The molecule has 1 unspecified atom stereocenters. The van der Waals surface area contributed by atoms with E-state index in [0.717, 1.165) is 42.7 Å². The average molecular weight is 532 g/mol. The zero-order chi connectivity index (χ0) is 26.8. The van der Waals surface area contributed by atoms with Gasteiger partial charge in [0.1, 0.15) is 5.60 Å². The Morgan fingerprint density at radius 1 is 1.00 bits per heavy atom. The van der Waals surface area contributed by atoms with Crippen molar-refractivity contribution in [2.75, 3.05) is 32.8 Å². The van der Waals surface area contributed by atoms with E-state index in [-0.39, 0.29) is 18.1 Å². The molecule has 3 fully saturated rings. The van der Waals surface area contributed by atoms with Gasteiger partial charge in [-0.3, -0.25) is 14.6 Å². The molecule has 1 atom stereocenters. The number of ether oxygens (including phenoxy) is 2. The van der Waals surface area contributed by atoms with Gasteiger partial charge in [-0.25, -0.2) is 4.79 Å². The lowest BCUT2D eigenvalue weighted by molar-refractivity contribution is -0.137. The Balaban J connectivity index is 1.09. The monoisotopic (exact) mass is 531 g/mol. The average Bonchev–Trinajstić information content (AvgIpc) is 3.52. The number of nitrogens with one attached hydrogen (secondary N) is 1. The summed E-state index contributed by atoms with van der Waals surface area (Å²) in [6.45, 7) is 4.08. The van der Waals surface area contributed by atoms with E-state index in [1.807, 2.05) is 12.1 Å². The van der Waals surface area contributed by atoms with Gasteiger partial charge in [-0.1, -0.05) is 24.3 Å². The zero-order valence-electron chi connectivity index (χ0n) is 21.1. The van der Waals surface area contributed by atoms with Crippen molar-refractivity contribution in [1.29, 1.82) is 0 Å². The molecule has 3 aliphatic rings. The van der Waals surface area contributed by atoms with Gasteiger partial charge in [0, 0.05) is 57.7 Å². The maximum Gasteiger partial charge on any atom is 0.416 e. The topological polar surface area (TPSA) is 71.1 Å². The summed E-state index contributed by atoms with van der Waals surface area (Å²) >= 11 is 0. The zero-order valence-corrected chi connectivity index (χ0v) is 21.1. The van der Waals surface area contributed by atoms with Gasteiger partial charge in [0.25, 0.3) is 5.91 Å². The summed E-state index contributed by atoms with van der Waals surface area (Å²) < 4.78 is 49.8. The number of amides is 2. The number of carbonyl (C=O) groups is 2. The first-order chi connectivity index (χ1) is 18.2. The lowest BCUT2D eigenvalue weighted by Gasteiger charge is -2.37. The second-order valence-corrected chi connectivity index (χ2v) is 10.4. The van der Waals surface area contributed by atoms with Crippen LogP contribution < -0.4 is 5.32 Å². The third-order valence-corrected chi connectivity index (χ3v) is 7.60. The van der Waals surface area contributed by atoms with Gasteiger partial charge in [-0.05, 0) is 48.2 Å². The molecular formula is C28H32F3N3O4. The van der Waals surface area contributed by atoms with Crippen molar-refractivity contribution in [2.24, 2.45) is 0 Å². The summed E-state index contributed by atoms with van der Waals surface area (Å²) in [4.78, 5) is 28.9. The van der Waals surface area contributed by atoms with E-state index in [0.29, 0.717) is 57.7 Å². The predicted molar refractivity (Wildman–Crippen MR) is 133 cm³/mol. The first-order valence-electron chi connectivity index (χ1n) is 13.0.